The van der Waals surface area contributed by atoms with Crippen LogP contribution in [0.3, 0.4) is 0 Å². The van der Waals surface area contributed by atoms with Crippen molar-refractivity contribution in [1.29, 1.82) is 0 Å². The third-order valence-corrected chi connectivity index (χ3v) is 2.61. The lowest BCUT2D eigenvalue weighted by molar-refractivity contribution is -0.111. The average molecular weight is 205 g/mol. The topological polar surface area (TPSA) is 29.1 Å². The number of nitrogens with one attached hydrogen (secondary N) is 1. The van der Waals surface area contributed by atoms with Crippen LogP contribution < -0.4 is 5.32 Å². The molecule has 0 heterocycles. The van der Waals surface area contributed by atoms with Crippen LogP contribution in [0.15, 0.2) is 24.3 Å². The van der Waals surface area contributed by atoms with Gasteiger partial charge in [-0.05, 0) is 31.4 Å². The van der Waals surface area contributed by atoms with E-state index >= 15 is 0 Å². The maximum atomic E-state index is 10.5. The van der Waals surface area contributed by atoms with Gasteiger partial charge in [-0.2, -0.15) is 0 Å². The van der Waals surface area contributed by atoms with Crippen LogP contribution in [-0.4, -0.2) is 6.41 Å². The van der Waals surface area contributed by atoms with E-state index < -0.39 is 0 Å². The number of carbonyl (C=O) groups excluding carboxylic acids is 1. The van der Waals surface area contributed by atoms with Crippen LogP contribution in [0.4, 0.5) is 0 Å². The van der Waals surface area contributed by atoms with Gasteiger partial charge in [0.15, 0.2) is 0 Å². The van der Waals surface area contributed by atoms with E-state index in [2.05, 4.69) is 36.5 Å². The van der Waals surface area contributed by atoms with Crippen molar-refractivity contribution >= 4 is 6.41 Å². The maximum Gasteiger partial charge on any atom is 0.207 e. The molecule has 1 N–H and O–H groups in total. The van der Waals surface area contributed by atoms with Gasteiger partial charge in [-0.3, -0.25) is 4.79 Å². The number of benzene rings is 1. The molecule has 1 aromatic rings. The van der Waals surface area contributed by atoms with Crippen molar-refractivity contribution < 1.29 is 4.79 Å². The molecule has 2 heteroatoms. The van der Waals surface area contributed by atoms with Gasteiger partial charge in [0.25, 0.3) is 0 Å². The molecular formula is C13H19NO. The van der Waals surface area contributed by atoms with Crippen molar-refractivity contribution in [3.8, 4) is 0 Å². The number of aryl methyl sites for hydroxylation is 1. The second-order valence-electron chi connectivity index (χ2n) is 4.34. The summed E-state index contributed by atoms with van der Waals surface area (Å²) in [6, 6.07) is 8.40. The molecule has 2 nitrogen and oxygen atoms in total. The van der Waals surface area contributed by atoms with E-state index in [0.29, 0.717) is 0 Å². The highest BCUT2D eigenvalue weighted by molar-refractivity contribution is 5.49. The van der Waals surface area contributed by atoms with Crippen molar-refractivity contribution in [2.75, 3.05) is 0 Å². The van der Waals surface area contributed by atoms with Crippen LogP contribution in [0.2, 0.25) is 0 Å². The Morgan fingerprint density at radius 2 is 2.13 bits per heavy atom. The smallest absolute Gasteiger partial charge is 0.207 e. The van der Waals surface area contributed by atoms with Crippen LogP contribution in [0, 0.1) is 0 Å². The molecule has 15 heavy (non-hydrogen) atoms. The first-order chi connectivity index (χ1) is 7.10. The predicted molar refractivity (Wildman–Crippen MR) is 62.7 cm³/mol. The molecule has 0 saturated heterocycles. The number of rotatable bonds is 5. The summed E-state index contributed by atoms with van der Waals surface area (Å²) in [5.41, 5.74) is 2.20. The molecule has 0 aliphatic rings. The van der Waals surface area contributed by atoms with E-state index in [9.17, 15) is 4.79 Å². The molecule has 0 aromatic heterocycles. The average Bonchev–Trinajstić information content (AvgIpc) is 2.19. The molecule has 0 unspecified atom stereocenters. The molecule has 1 rings (SSSR count). The zero-order valence-electron chi connectivity index (χ0n) is 9.71. The van der Waals surface area contributed by atoms with Crippen LogP contribution in [0.1, 0.15) is 38.3 Å². The van der Waals surface area contributed by atoms with Gasteiger partial charge in [0, 0.05) is 0 Å². The molecule has 0 atom stereocenters. The molecule has 0 aliphatic carbocycles. The molecule has 0 saturated carbocycles. The number of hydrogen-bond acceptors (Lipinski definition) is 1. The lowest BCUT2D eigenvalue weighted by atomic mass is 9.92. The van der Waals surface area contributed by atoms with E-state index in [-0.39, 0.29) is 5.54 Å². The van der Waals surface area contributed by atoms with Gasteiger partial charge in [-0.25, -0.2) is 0 Å². The van der Waals surface area contributed by atoms with E-state index in [1.165, 1.54) is 5.56 Å². The Kier molecular flexibility index (Phi) is 3.89. The van der Waals surface area contributed by atoms with Gasteiger partial charge in [0.2, 0.25) is 6.41 Å². The summed E-state index contributed by atoms with van der Waals surface area (Å²) >= 11 is 0. The first-order valence-corrected chi connectivity index (χ1v) is 5.41. The Labute approximate surface area is 91.7 Å². The molecule has 1 aromatic carbocycles. The fraction of sp³-hybridized carbons (Fsp3) is 0.462. The number of carbonyl (C=O) groups is 1. The minimum atomic E-state index is -0.286. The molecule has 0 aliphatic heterocycles. The van der Waals surface area contributed by atoms with Gasteiger partial charge in [-0.15, -0.1) is 0 Å². The fourth-order valence-corrected chi connectivity index (χ4v) is 1.63. The zero-order valence-corrected chi connectivity index (χ0v) is 9.71. The van der Waals surface area contributed by atoms with Crippen LogP contribution >= 0.6 is 0 Å². The molecule has 82 valence electrons. The summed E-state index contributed by atoms with van der Waals surface area (Å²) in [5, 5.41) is 2.83. The number of amides is 1. The van der Waals surface area contributed by atoms with Gasteiger partial charge in [0.05, 0.1) is 5.54 Å². The molecule has 0 bridgehead atoms. The van der Waals surface area contributed by atoms with Crippen LogP contribution in [0.5, 0.6) is 0 Å². The predicted octanol–water partition coefficient (Wildman–Crippen LogP) is 2.62. The largest absolute Gasteiger partial charge is 0.350 e. The molecular weight excluding hydrogens is 186 g/mol. The Balaban J connectivity index is 2.93. The normalized spacial score (nSPS) is 11.1. The Morgan fingerprint density at radius 1 is 1.40 bits per heavy atom. The van der Waals surface area contributed by atoms with Gasteiger partial charge >= 0.3 is 0 Å². The maximum absolute atomic E-state index is 10.5. The molecule has 0 fully saturated rings. The third-order valence-electron chi connectivity index (χ3n) is 2.61. The van der Waals surface area contributed by atoms with E-state index in [1.807, 2.05) is 13.8 Å². The highest BCUT2D eigenvalue weighted by Gasteiger charge is 2.18. The monoisotopic (exact) mass is 205 g/mol. The quantitative estimate of drug-likeness (QED) is 0.736. The standard InChI is InChI=1S/C13H19NO/c1-4-6-11-7-5-8-12(9-11)13(2,3)14-10-15/h5,7-10H,4,6H2,1-3H3,(H,14,15). The minimum Gasteiger partial charge on any atom is -0.350 e. The fourth-order valence-electron chi connectivity index (χ4n) is 1.63. The highest BCUT2D eigenvalue weighted by atomic mass is 16.1. The summed E-state index contributed by atoms with van der Waals surface area (Å²) in [5.74, 6) is 0. The van der Waals surface area contributed by atoms with Crippen molar-refractivity contribution in [2.45, 2.75) is 39.2 Å². The second-order valence-corrected chi connectivity index (χ2v) is 4.34. The summed E-state index contributed by atoms with van der Waals surface area (Å²) in [6.45, 7) is 6.18. The summed E-state index contributed by atoms with van der Waals surface area (Å²) in [7, 11) is 0. The summed E-state index contributed by atoms with van der Waals surface area (Å²) in [6.07, 6.45) is 2.99. The highest BCUT2D eigenvalue weighted by Crippen LogP contribution is 2.20. The minimum absolute atomic E-state index is 0.286. The summed E-state index contributed by atoms with van der Waals surface area (Å²) < 4.78 is 0. The van der Waals surface area contributed by atoms with Crippen molar-refractivity contribution in [3.63, 3.8) is 0 Å². The Hall–Kier alpha value is -1.31. The SMILES string of the molecule is CCCc1cccc(C(C)(C)NC=O)c1. The van der Waals surface area contributed by atoms with Crippen LogP contribution in [0.25, 0.3) is 0 Å². The Bertz CT molecular complexity index is 331. The van der Waals surface area contributed by atoms with Crippen molar-refractivity contribution in [1.82, 2.24) is 5.32 Å². The molecule has 1 amide bonds. The first kappa shape index (κ1) is 11.8. The number of hydrogen-bond donors (Lipinski definition) is 1. The zero-order chi connectivity index (χ0) is 11.3. The van der Waals surface area contributed by atoms with Gasteiger partial charge < -0.3 is 5.32 Å². The summed E-state index contributed by atoms with van der Waals surface area (Å²) in [4.78, 5) is 10.5. The molecule has 0 radical (unpaired) electrons. The van der Waals surface area contributed by atoms with E-state index in [4.69, 9.17) is 0 Å². The second kappa shape index (κ2) is 4.96. The van der Waals surface area contributed by atoms with Gasteiger partial charge in [-0.1, -0.05) is 37.6 Å². The van der Waals surface area contributed by atoms with Crippen molar-refractivity contribution in [2.24, 2.45) is 0 Å². The lowest BCUT2D eigenvalue weighted by Gasteiger charge is -2.25. The van der Waals surface area contributed by atoms with E-state index in [0.717, 1.165) is 24.8 Å². The van der Waals surface area contributed by atoms with Gasteiger partial charge in [0.1, 0.15) is 0 Å². The first-order valence-electron chi connectivity index (χ1n) is 5.41. The third kappa shape index (κ3) is 3.08. The molecule has 0 spiro atoms. The van der Waals surface area contributed by atoms with E-state index in [1.54, 1.807) is 0 Å². The van der Waals surface area contributed by atoms with Crippen LogP contribution in [-0.2, 0) is 16.8 Å². The van der Waals surface area contributed by atoms with Crippen molar-refractivity contribution in [3.05, 3.63) is 35.4 Å². The lowest BCUT2D eigenvalue weighted by Crippen LogP contribution is -2.35. The Morgan fingerprint density at radius 3 is 2.73 bits per heavy atom.